The Morgan fingerprint density at radius 3 is 2.52 bits per heavy atom. The molecule has 3 aromatic rings. The Kier molecular flexibility index (Phi) is 4.32. The lowest BCUT2D eigenvalue weighted by Gasteiger charge is -2.04. The van der Waals surface area contributed by atoms with Crippen molar-refractivity contribution in [2.24, 2.45) is 0 Å². The van der Waals surface area contributed by atoms with Gasteiger partial charge in [-0.1, -0.05) is 54.6 Å². The molecule has 23 heavy (non-hydrogen) atoms. The zero-order chi connectivity index (χ0) is 16.4. The molecule has 0 fully saturated rings. The van der Waals surface area contributed by atoms with E-state index in [4.69, 9.17) is 11.6 Å². The molecule has 0 bridgehead atoms. The summed E-state index contributed by atoms with van der Waals surface area (Å²) in [6.07, 6.45) is 0.904. The fraction of sp³-hybridized carbons (Fsp3) is 0.100. The molecule has 3 aromatic carbocycles. The lowest BCUT2D eigenvalue weighted by Crippen LogP contribution is -1.88. The topological polar surface area (TPSA) is 0 Å². The highest BCUT2D eigenvalue weighted by molar-refractivity contribution is 6.30. The third-order valence-corrected chi connectivity index (χ3v) is 3.99. The molecule has 0 aliphatic carbocycles. The molecule has 0 aromatic heterocycles. The van der Waals surface area contributed by atoms with Gasteiger partial charge in [-0.3, -0.25) is 0 Å². The molecule has 0 aliphatic rings. The first kappa shape index (κ1) is 15.5. The second kappa shape index (κ2) is 6.40. The van der Waals surface area contributed by atoms with Gasteiger partial charge in [0, 0.05) is 10.9 Å². The van der Waals surface area contributed by atoms with Crippen LogP contribution < -0.4 is 0 Å². The van der Waals surface area contributed by atoms with Crippen molar-refractivity contribution in [3.63, 3.8) is 0 Å². The average Bonchev–Trinajstić information content (AvgIpc) is 2.57. The van der Waals surface area contributed by atoms with Crippen molar-refractivity contribution in [1.82, 2.24) is 0 Å². The van der Waals surface area contributed by atoms with Crippen molar-refractivity contribution in [3.8, 4) is 11.8 Å². The van der Waals surface area contributed by atoms with E-state index in [0.717, 1.165) is 17.4 Å². The van der Waals surface area contributed by atoms with Gasteiger partial charge in [-0.15, -0.1) is 0 Å². The molecule has 0 saturated carbocycles. The van der Waals surface area contributed by atoms with Gasteiger partial charge in [0.25, 0.3) is 0 Å². The summed E-state index contributed by atoms with van der Waals surface area (Å²) in [5.41, 5.74) is 1.90. The van der Waals surface area contributed by atoms with E-state index in [9.17, 15) is 8.78 Å². The number of hydrogen-bond donors (Lipinski definition) is 0. The average molecular weight is 327 g/mol. The first-order valence-electron chi connectivity index (χ1n) is 7.26. The lowest BCUT2D eigenvalue weighted by molar-refractivity contribution is 0.628. The van der Waals surface area contributed by atoms with E-state index in [1.165, 1.54) is 12.1 Å². The number of fused-ring (bicyclic) bond motifs is 1. The molecule has 0 heterocycles. The normalized spacial score (nSPS) is 10.4. The molecule has 0 saturated heterocycles. The summed E-state index contributed by atoms with van der Waals surface area (Å²) in [6.45, 7) is 2.06. The standard InChI is InChI=1S/C20H13ClF2/c1-2-13-4-9-17-16(11-13)8-7-15(20(17)23)6-3-14-5-10-18(21)19(22)12-14/h4-5,7-12H,2H2,1H3. The predicted molar refractivity (Wildman–Crippen MR) is 90.7 cm³/mol. The summed E-state index contributed by atoms with van der Waals surface area (Å²) < 4.78 is 27.9. The smallest absolute Gasteiger partial charge is 0.146 e. The van der Waals surface area contributed by atoms with E-state index in [-0.39, 0.29) is 16.4 Å². The van der Waals surface area contributed by atoms with Crippen molar-refractivity contribution < 1.29 is 8.78 Å². The van der Waals surface area contributed by atoms with Gasteiger partial charge in [0.2, 0.25) is 0 Å². The van der Waals surface area contributed by atoms with Crippen LogP contribution in [0.4, 0.5) is 8.78 Å². The largest absolute Gasteiger partial charge is 0.205 e. The van der Waals surface area contributed by atoms with Gasteiger partial charge in [0.15, 0.2) is 0 Å². The number of hydrogen-bond acceptors (Lipinski definition) is 0. The number of rotatable bonds is 1. The van der Waals surface area contributed by atoms with Gasteiger partial charge in [-0.2, -0.15) is 0 Å². The quantitative estimate of drug-likeness (QED) is 0.501. The Hall–Kier alpha value is -2.37. The number of halogens is 3. The second-order valence-electron chi connectivity index (χ2n) is 5.22. The summed E-state index contributed by atoms with van der Waals surface area (Å²) in [5.74, 6) is 4.64. The summed E-state index contributed by atoms with van der Waals surface area (Å²) in [6, 6.07) is 13.4. The highest BCUT2D eigenvalue weighted by Crippen LogP contribution is 2.22. The van der Waals surface area contributed by atoms with Gasteiger partial charge in [-0.05, 0) is 41.6 Å². The third-order valence-electron chi connectivity index (χ3n) is 3.69. The van der Waals surface area contributed by atoms with Crippen LogP contribution in [0, 0.1) is 23.5 Å². The Labute approximate surface area is 138 Å². The van der Waals surface area contributed by atoms with Crippen LogP contribution in [-0.4, -0.2) is 0 Å². The van der Waals surface area contributed by atoms with Crippen LogP contribution in [0.5, 0.6) is 0 Å². The zero-order valence-electron chi connectivity index (χ0n) is 12.5. The fourth-order valence-corrected chi connectivity index (χ4v) is 2.49. The molecule has 0 spiro atoms. The van der Waals surface area contributed by atoms with Crippen molar-refractivity contribution in [2.75, 3.05) is 0 Å². The minimum absolute atomic E-state index is 0.0409. The van der Waals surface area contributed by atoms with Crippen LogP contribution in [0.25, 0.3) is 10.8 Å². The fourth-order valence-electron chi connectivity index (χ4n) is 2.37. The lowest BCUT2D eigenvalue weighted by atomic mass is 10.0. The Morgan fingerprint density at radius 2 is 1.78 bits per heavy atom. The molecule has 0 atom stereocenters. The van der Waals surface area contributed by atoms with Gasteiger partial charge in [0.1, 0.15) is 11.6 Å². The van der Waals surface area contributed by atoms with Crippen LogP contribution in [-0.2, 0) is 6.42 Å². The van der Waals surface area contributed by atoms with E-state index >= 15 is 0 Å². The maximum atomic E-state index is 14.6. The van der Waals surface area contributed by atoms with E-state index in [2.05, 4.69) is 18.8 Å². The van der Waals surface area contributed by atoms with Gasteiger partial charge >= 0.3 is 0 Å². The monoisotopic (exact) mass is 326 g/mol. The van der Waals surface area contributed by atoms with E-state index in [1.54, 1.807) is 18.2 Å². The minimum atomic E-state index is -0.537. The molecular formula is C20H13ClF2. The van der Waals surface area contributed by atoms with Crippen molar-refractivity contribution in [1.29, 1.82) is 0 Å². The van der Waals surface area contributed by atoms with Crippen molar-refractivity contribution in [2.45, 2.75) is 13.3 Å². The van der Waals surface area contributed by atoms with Crippen LogP contribution in [0.15, 0.2) is 48.5 Å². The predicted octanol–water partition coefficient (Wildman–Crippen LogP) is 5.73. The molecule has 0 aliphatic heterocycles. The van der Waals surface area contributed by atoms with E-state index in [1.807, 2.05) is 18.2 Å². The molecule has 0 nitrogen and oxygen atoms in total. The van der Waals surface area contributed by atoms with Crippen LogP contribution in [0.3, 0.4) is 0 Å². The number of aryl methyl sites for hydroxylation is 1. The summed E-state index contributed by atoms with van der Waals surface area (Å²) in [7, 11) is 0. The highest BCUT2D eigenvalue weighted by Gasteiger charge is 2.06. The van der Waals surface area contributed by atoms with Gasteiger partial charge < -0.3 is 0 Å². The molecule has 0 radical (unpaired) electrons. The maximum absolute atomic E-state index is 14.6. The molecular weight excluding hydrogens is 314 g/mol. The highest BCUT2D eigenvalue weighted by atomic mass is 35.5. The molecule has 3 heteroatoms. The molecule has 0 N–H and O–H groups in total. The molecule has 114 valence electrons. The van der Waals surface area contributed by atoms with E-state index < -0.39 is 5.82 Å². The molecule has 0 unspecified atom stereocenters. The zero-order valence-corrected chi connectivity index (χ0v) is 13.2. The SMILES string of the molecule is CCc1ccc2c(F)c(C#Cc3ccc(Cl)c(F)c3)ccc2c1. The van der Waals surface area contributed by atoms with Crippen molar-refractivity contribution in [3.05, 3.63) is 81.9 Å². The van der Waals surface area contributed by atoms with E-state index in [0.29, 0.717) is 10.9 Å². The number of benzene rings is 3. The van der Waals surface area contributed by atoms with Crippen LogP contribution >= 0.6 is 11.6 Å². The Bertz CT molecular complexity index is 949. The van der Waals surface area contributed by atoms with Gasteiger partial charge in [-0.25, -0.2) is 8.78 Å². The first-order valence-corrected chi connectivity index (χ1v) is 7.64. The first-order chi connectivity index (χ1) is 11.1. The van der Waals surface area contributed by atoms with Crippen LogP contribution in [0.2, 0.25) is 5.02 Å². The van der Waals surface area contributed by atoms with Crippen LogP contribution in [0.1, 0.15) is 23.6 Å². The summed E-state index contributed by atoms with van der Waals surface area (Å²) >= 11 is 5.63. The minimum Gasteiger partial charge on any atom is -0.205 e. The maximum Gasteiger partial charge on any atom is 0.146 e. The second-order valence-corrected chi connectivity index (χ2v) is 5.62. The summed E-state index contributed by atoms with van der Waals surface area (Å²) in [4.78, 5) is 0. The molecule has 3 rings (SSSR count). The van der Waals surface area contributed by atoms with Gasteiger partial charge in [0.05, 0.1) is 10.6 Å². The Morgan fingerprint density at radius 1 is 0.957 bits per heavy atom. The molecule has 0 amide bonds. The summed E-state index contributed by atoms with van der Waals surface area (Å²) in [5, 5.41) is 1.43. The third kappa shape index (κ3) is 3.21. The Balaban J connectivity index is 2.02. The van der Waals surface area contributed by atoms with Crippen molar-refractivity contribution >= 4 is 22.4 Å².